The van der Waals surface area contributed by atoms with Crippen molar-refractivity contribution in [2.24, 2.45) is 0 Å². The SMILES string of the molecule is N#Cc1cnn2ccc(-c3cc(NC(=O)c4cc(F)cc(C(F)(F)F)c4)c4c(c3)C(=O)N[C@H]4c3cc(F)ccc3Cl)cc12. The van der Waals surface area contributed by atoms with Crippen molar-refractivity contribution >= 4 is 34.6 Å². The number of fused-ring (bicyclic) bond motifs is 2. The number of aromatic nitrogens is 2. The summed E-state index contributed by atoms with van der Waals surface area (Å²) in [6.45, 7) is 0. The zero-order valence-corrected chi connectivity index (χ0v) is 22.2. The van der Waals surface area contributed by atoms with Crippen molar-refractivity contribution in [3.05, 3.63) is 123 Å². The first-order chi connectivity index (χ1) is 20.4. The van der Waals surface area contributed by atoms with Gasteiger partial charge in [0.05, 0.1) is 28.9 Å². The molecule has 0 saturated heterocycles. The number of anilines is 1. The van der Waals surface area contributed by atoms with Gasteiger partial charge in [0.2, 0.25) is 0 Å². The molecule has 13 heteroatoms. The lowest BCUT2D eigenvalue weighted by molar-refractivity contribution is -0.137. The summed E-state index contributed by atoms with van der Waals surface area (Å²) in [6, 6.07) is 12.2. The first-order valence-corrected chi connectivity index (χ1v) is 12.8. The van der Waals surface area contributed by atoms with Gasteiger partial charge in [-0.2, -0.15) is 23.5 Å². The fourth-order valence-electron chi connectivity index (χ4n) is 5.00. The Balaban J connectivity index is 1.52. The molecule has 0 saturated carbocycles. The Labute approximate surface area is 244 Å². The Morgan fingerprint density at radius 1 is 1.02 bits per heavy atom. The predicted molar refractivity (Wildman–Crippen MR) is 145 cm³/mol. The lowest BCUT2D eigenvalue weighted by atomic mass is 9.92. The van der Waals surface area contributed by atoms with E-state index in [1.165, 1.54) is 28.9 Å². The van der Waals surface area contributed by atoms with Gasteiger partial charge in [-0.15, -0.1) is 0 Å². The standard InChI is InChI=1S/C30H15ClF5N5O2/c31-23-2-1-19(32)11-21(23)27-26-22(29(43)40-27)7-15(14-3-4-41-25(9-14)17(12-37)13-38-41)8-24(26)39-28(42)16-5-18(30(34,35)36)10-20(33)6-16/h1-11,13,27H,(H,39,42)(H,40,43)/t27-/m0/s1. The first kappa shape index (κ1) is 27.9. The van der Waals surface area contributed by atoms with E-state index in [0.717, 1.165) is 12.1 Å². The molecule has 214 valence electrons. The monoisotopic (exact) mass is 607 g/mol. The highest BCUT2D eigenvalue weighted by atomic mass is 35.5. The molecular weight excluding hydrogens is 593 g/mol. The van der Waals surface area contributed by atoms with Gasteiger partial charge in [-0.05, 0) is 71.8 Å². The summed E-state index contributed by atoms with van der Waals surface area (Å²) in [7, 11) is 0. The van der Waals surface area contributed by atoms with E-state index in [0.29, 0.717) is 28.8 Å². The van der Waals surface area contributed by atoms with Crippen LogP contribution in [-0.4, -0.2) is 21.4 Å². The quantitative estimate of drug-likeness (QED) is 0.217. The minimum atomic E-state index is -4.91. The van der Waals surface area contributed by atoms with Gasteiger partial charge >= 0.3 is 6.18 Å². The summed E-state index contributed by atoms with van der Waals surface area (Å²) in [5, 5.41) is 18.9. The maximum absolute atomic E-state index is 14.2. The maximum atomic E-state index is 14.2. The van der Waals surface area contributed by atoms with Gasteiger partial charge in [0, 0.05) is 39.2 Å². The molecule has 2 aromatic heterocycles. The number of pyridine rings is 1. The topological polar surface area (TPSA) is 99.3 Å². The average molecular weight is 608 g/mol. The van der Waals surface area contributed by atoms with E-state index in [1.807, 2.05) is 6.07 Å². The lowest BCUT2D eigenvalue weighted by Gasteiger charge is -2.19. The Morgan fingerprint density at radius 2 is 1.81 bits per heavy atom. The van der Waals surface area contributed by atoms with Crippen molar-refractivity contribution in [3.8, 4) is 17.2 Å². The molecule has 1 aliphatic rings. The molecule has 0 radical (unpaired) electrons. The number of benzene rings is 3. The van der Waals surface area contributed by atoms with E-state index in [2.05, 4.69) is 15.7 Å². The van der Waals surface area contributed by atoms with Crippen molar-refractivity contribution in [1.82, 2.24) is 14.9 Å². The van der Waals surface area contributed by atoms with Crippen LogP contribution >= 0.6 is 11.6 Å². The van der Waals surface area contributed by atoms with E-state index >= 15 is 0 Å². The molecule has 3 aromatic carbocycles. The van der Waals surface area contributed by atoms with Crippen molar-refractivity contribution in [2.45, 2.75) is 12.2 Å². The second-order valence-corrected chi connectivity index (χ2v) is 10.1. The Morgan fingerprint density at radius 3 is 2.56 bits per heavy atom. The molecule has 5 aromatic rings. The zero-order valence-electron chi connectivity index (χ0n) is 21.4. The minimum Gasteiger partial charge on any atom is -0.341 e. The molecule has 0 unspecified atom stereocenters. The van der Waals surface area contributed by atoms with Gasteiger partial charge < -0.3 is 10.6 Å². The molecule has 0 fully saturated rings. The molecule has 2 N–H and O–H groups in total. The third kappa shape index (κ3) is 5.04. The Hall–Kier alpha value is -5.28. The number of hydrogen-bond donors (Lipinski definition) is 2. The van der Waals surface area contributed by atoms with Crippen LogP contribution in [0.25, 0.3) is 16.6 Å². The molecule has 7 nitrogen and oxygen atoms in total. The lowest BCUT2D eigenvalue weighted by Crippen LogP contribution is -2.21. The summed E-state index contributed by atoms with van der Waals surface area (Å²) < 4.78 is 69.8. The number of alkyl halides is 3. The van der Waals surface area contributed by atoms with Gasteiger partial charge in [0.1, 0.15) is 17.7 Å². The first-order valence-electron chi connectivity index (χ1n) is 12.4. The summed E-state index contributed by atoms with van der Waals surface area (Å²) in [5.41, 5.74) is 0.0394. The summed E-state index contributed by atoms with van der Waals surface area (Å²) in [6.07, 6.45) is -1.96. The summed E-state index contributed by atoms with van der Waals surface area (Å²) >= 11 is 6.33. The molecule has 1 atom stereocenters. The van der Waals surface area contributed by atoms with Crippen molar-refractivity contribution in [3.63, 3.8) is 0 Å². The third-order valence-electron chi connectivity index (χ3n) is 6.97. The minimum absolute atomic E-state index is 0.0205. The highest BCUT2D eigenvalue weighted by molar-refractivity contribution is 6.31. The highest BCUT2D eigenvalue weighted by Crippen LogP contribution is 2.42. The van der Waals surface area contributed by atoms with Crippen LogP contribution < -0.4 is 10.6 Å². The number of hydrogen-bond acceptors (Lipinski definition) is 4. The number of carbonyl (C=O) groups excluding carboxylic acids is 2. The Kier molecular flexibility index (Phi) is 6.62. The number of rotatable bonds is 4. The molecule has 0 aliphatic carbocycles. The van der Waals surface area contributed by atoms with Crippen molar-refractivity contribution < 1.29 is 31.5 Å². The van der Waals surface area contributed by atoms with Crippen LogP contribution in [0.4, 0.5) is 27.6 Å². The van der Waals surface area contributed by atoms with Crippen LogP contribution in [0.1, 0.15) is 49.0 Å². The van der Waals surface area contributed by atoms with Crippen LogP contribution in [0.2, 0.25) is 5.02 Å². The van der Waals surface area contributed by atoms with Crippen LogP contribution in [0.3, 0.4) is 0 Å². The Bertz CT molecular complexity index is 2030. The molecule has 0 spiro atoms. The van der Waals surface area contributed by atoms with Crippen molar-refractivity contribution in [2.75, 3.05) is 5.32 Å². The molecule has 1 aliphatic heterocycles. The zero-order chi connectivity index (χ0) is 30.6. The van der Waals surface area contributed by atoms with Crippen LogP contribution in [0.5, 0.6) is 0 Å². The number of amides is 2. The molecule has 3 heterocycles. The number of nitrogens with one attached hydrogen (secondary N) is 2. The number of nitrogens with zero attached hydrogens (tertiary/aromatic N) is 3. The van der Waals surface area contributed by atoms with Gasteiger partial charge in [-0.3, -0.25) is 9.59 Å². The summed E-state index contributed by atoms with van der Waals surface area (Å²) in [5.74, 6) is -3.61. The molecule has 6 rings (SSSR count). The van der Waals surface area contributed by atoms with Crippen LogP contribution in [0.15, 0.2) is 73.1 Å². The summed E-state index contributed by atoms with van der Waals surface area (Å²) in [4.78, 5) is 26.5. The maximum Gasteiger partial charge on any atom is 0.416 e. The average Bonchev–Trinajstić information content (AvgIpc) is 3.53. The smallest absolute Gasteiger partial charge is 0.341 e. The van der Waals surface area contributed by atoms with Gasteiger partial charge in [0.15, 0.2) is 0 Å². The van der Waals surface area contributed by atoms with Gasteiger partial charge in [-0.1, -0.05) is 11.6 Å². The van der Waals surface area contributed by atoms with E-state index in [9.17, 15) is 36.8 Å². The molecule has 2 amide bonds. The normalized spacial score (nSPS) is 14.3. The second kappa shape index (κ2) is 10.2. The van der Waals surface area contributed by atoms with Crippen LogP contribution in [-0.2, 0) is 6.18 Å². The van der Waals surface area contributed by atoms with E-state index in [4.69, 9.17) is 11.6 Å². The molecule has 0 bridgehead atoms. The van der Waals surface area contributed by atoms with Crippen LogP contribution in [0, 0.1) is 23.0 Å². The van der Waals surface area contributed by atoms with E-state index < -0.39 is 46.8 Å². The number of carbonyl (C=O) groups is 2. The van der Waals surface area contributed by atoms with Gasteiger partial charge in [-0.25, -0.2) is 13.3 Å². The second-order valence-electron chi connectivity index (χ2n) is 9.65. The van der Waals surface area contributed by atoms with Crippen molar-refractivity contribution in [1.29, 1.82) is 5.26 Å². The number of nitriles is 1. The van der Waals surface area contributed by atoms with Gasteiger partial charge in [0.25, 0.3) is 11.8 Å². The third-order valence-corrected chi connectivity index (χ3v) is 7.31. The van der Waals surface area contributed by atoms with E-state index in [-0.39, 0.29) is 39.0 Å². The fourth-order valence-corrected chi connectivity index (χ4v) is 5.22. The fraction of sp³-hybridized carbons (Fsp3) is 0.0667. The molecule has 43 heavy (non-hydrogen) atoms. The van der Waals surface area contributed by atoms with E-state index in [1.54, 1.807) is 18.3 Å². The largest absolute Gasteiger partial charge is 0.416 e. The molecular formula is C30H15ClF5N5O2. The highest BCUT2D eigenvalue weighted by Gasteiger charge is 2.36. The predicted octanol–water partition coefficient (Wildman–Crippen LogP) is 6.91. The number of halogens is 6.